The van der Waals surface area contributed by atoms with Crippen molar-refractivity contribution >= 4 is 38.4 Å². The maximum atomic E-state index is 12.8. The quantitative estimate of drug-likeness (QED) is 0.467. The van der Waals surface area contributed by atoms with Gasteiger partial charge >= 0.3 is 5.91 Å². The third kappa shape index (κ3) is 3.64. The van der Waals surface area contributed by atoms with Crippen molar-refractivity contribution in [3.63, 3.8) is 0 Å². The lowest BCUT2D eigenvalue weighted by molar-refractivity contribution is 0.0972. The average molecular weight is 406 g/mol. The molecule has 0 saturated carbocycles. The van der Waals surface area contributed by atoms with Crippen LogP contribution in [0, 0.1) is 0 Å². The van der Waals surface area contributed by atoms with Crippen LogP contribution in [-0.4, -0.2) is 17.1 Å². The Labute approximate surface area is 170 Å². The van der Waals surface area contributed by atoms with Gasteiger partial charge in [-0.05, 0) is 37.3 Å². The van der Waals surface area contributed by atoms with Gasteiger partial charge in [0, 0.05) is 12.6 Å². The molecule has 0 saturated heterocycles. The van der Waals surface area contributed by atoms with Gasteiger partial charge in [-0.3, -0.25) is 9.59 Å². The zero-order valence-electron chi connectivity index (χ0n) is 15.8. The monoisotopic (exact) mass is 406 g/mol. The molecular weight excluding hydrogens is 388 g/mol. The Bertz CT molecular complexity index is 1360. The number of carbonyl (C=O) groups is 1. The molecule has 4 rings (SSSR count). The lowest BCUT2D eigenvalue weighted by Gasteiger charge is -2.04. The van der Waals surface area contributed by atoms with Gasteiger partial charge in [0.2, 0.25) is 0 Å². The molecule has 2 aromatic heterocycles. The number of ether oxygens (including phenoxy) is 1. The van der Waals surface area contributed by atoms with Crippen molar-refractivity contribution in [2.75, 3.05) is 6.61 Å². The normalized spacial score (nSPS) is 11.8. The van der Waals surface area contributed by atoms with E-state index in [0.717, 1.165) is 16.0 Å². The number of benzene rings is 2. The minimum absolute atomic E-state index is 0.0914. The predicted octanol–water partition coefficient (Wildman–Crippen LogP) is 4.14. The van der Waals surface area contributed by atoms with E-state index in [-0.39, 0.29) is 11.2 Å². The molecule has 0 unspecified atom stereocenters. The van der Waals surface area contributed by atoms with Gasteiger partial charge in [-0.1, -0.05) is 29.5 Å². The number of hydrogen-bond donors (Lipinski definition) is 0. The SMILES string of the molecule is C=CCn1c(=NC(=O)c2cc(=O)c3ccccc3o2)sc2cc(OCC)ccc21. The van der Waals surface area contributed by atoms with Crippen LogP contribution in [0.4, 0.5) is 0 Å². The van der Waals surface area contributed by atoms with Crippen molar-refractivity contribution in [3.8, 4) is 5.75 Å². The number of aromatic nitrogens is 1. The summed E-state index contributed by atoms with van der Waals surface area (Å²) in [7, 11) is 0. The molecule has 2 aromatic carbocycles. The van der Waals surface area contributed by atoms with E-state index in [9.17, 15) is 9.59 Å². The third-order valence-electron chi connectivity index (χ3n) is 4.32. The smallest absolute Gasteiger partial charge is 0.315 e. The van der Waals surface area contributed by atoms with Gasteiger partial charge in [-0.2, -0.15) is 4.99 Å². The van der Waals surface area contributed by atoms with Crippen LogP contribution in [0.25, 0.3) is 21.2 Å². The molecule has 0 aliphatic heterocycles. The standard InChI is InChI=1S/C22H18N2O4S/c1-3-11-24-16-10-9-14(27-4-2)12-20(16)29-22(24)23-21(26)19-13-17(25)15-7-5-6-8-18(15)28-19/h3,5-10,12-13H,1,4,11H2,2H3. The summed E-state index contributed by atoms with van der Waals surface area (Å²) in [6.07, 6.45) is 1.74. The van der Waals surface area contributed by atoms with E-state index in [2.05, 4.69) is 11.6 Å². The Hall–Kier alpha value is -3.45. The molecule has 1 amide bonds. The fourth-order valence-corrected chi connectivity index (χ4v) is 4.12. The summed E-state index contributed by atoms with van der Waals surface area (Å²) in [5.74, 6) is 0.0546. The second-order valence-corrected chi connectivity index (χ2v) is 7.24. The van der Waals surface area contributed by atoms with Crippen molar-refractivity contribution < 1.29 is 13.9 Å². The molecule has 0 aliphatic carbocycles. The first-order valence-electron chi connectivity index (χ1n) is 9.09. The van der Waals surface area contributed by atoms with Gasteiger partial charge < -0.3 is 13.7 Å². The maximum absolute atomic E-state index is 12.8. The maximum Gasteiger partial charge on any atom is 0.315 e. The number of thiazole rings is 1. The zero-order valence-corrected chi connectivity index (χ0v) is 16.6. The van der Waals surface area contributed by atoms with E-state index in [1.54, 1.807) is 30.3 Å². The largest absolute Gasteiger partial charge is 0.494 e. The van der Waals surface area contributed by atoms with E-state index in [0.29, 0.717) is 28.9 Å². The van der Waals surface area contributed by atoms with Crippen molar-refractivity contribution in [2.24, 2.45) is 4.99 Å². The summed E-state index contributed by atoms with van der Waals surface area (Å²) >= 11 is 1.36. The number of nitrogens with zero attached hydrogens (tertiary/aromatic N) is 2. The highest BCUT2D eigenvalue weighted by molar-refractivity contribution is 7.16. The Morgan fingerprint density at radius 3 is 2.90 bits per heavy atom. The number of para-hydroxylation sites is 1. The highest BCUT2D eigenvalue weighted by Crippen LogP contribution is 2.23. The third-order valence-corrected chi connectivity index (χ3v) is 5.36. The molecule has 29 heavy (non-hydrogen) atoms. The van der Waals surface area contributed by atoms with E-state index >= 15 is 0 Å². The second kappa shape index (κ2) is 7.89. The molecule has 0 fully saturated rings. The highest BCUT2D eigenvalue weighted by Gasteiger charge is 2.13. The van der Waals surface area contributed by atoms with E-state index in [1.807, 2.05) is 29.7 Å². The second-order valence-electron chi connectivity index (χ2n) is 6.23. The van der Waals surface area contributed by atoms with Crippen LogP contribution in [0.5, 0.6) is 5.75 Å². The molecule has 0 spiro atoms. The van der Waals surface area contributed by atoms with Gasteiger partial charge in [0.1, 0.15) is 11.3 Å². The molecule has 0 radical (unpaired) electrons. The highest BCUT2D eigenvalue weighted by atomic mass is 32.1. The first-order chi connectivity index (χ1) is 14.1. The topological polar surface area (TPSA) is 73.8 Å². The lowest BCUT2D eigenvalue weighted by Crippen LogP contribution is -2.17. The van der Waals surface area contributed by atoms with Gasteiger partial charge in [0.05, 0.1) is 22.2 Å². The zero-order chi connectivity index (χ0) is 20.4. The number of amides is 1. The van der Waals surface area contributed by atoms with Crippen molar-refractivity contribution in [2.45, 2.75) is 13.5 Å². The summed E-state index contributed by atoms with van der Waals surface area (Å²) in [5, 5.41) is 0.427. The summed E-state index contributed by atoms with van der Waals surface area (Å²) in [4.78, 5) is 29.8. The Balaban J connectivity index is 1.84. The Morgan fingerprint density at radius 1 is 1.28 bits per heavy atom. The van der Waals surface area contributed by atoms with Crippen LogP contribution in [0.15, 0.2) is 75.4 Å². The van der Waals surface area contributed by atoms with Crippen molar-refractivity contribution in [3.05, 3.63) is 82.0 Å². The van der Waals surface area contributed by atoms with Crippen LogP contribution in [0.3, 0.4) is 0 Å². The van der Waals surface area contributed by atoms with E-state index < -0.39 is 5.91 Å². The van der Waals surface area contributed by atoms with Crippen molar-refractivity contribution in [1.29, 1.82) is 0 Å². The van der Waals surface area contributed by atoms with Gasteiger partial charge in [-0.25, -0.2) is 0 Å². The number of carbonyl (C=O) groups excluding carboxylic acids is 1. The van der Waals surface area contributed by atoms with E-state index in [4.69, 9.17) is 9.15 Å². The molecule has 6 nitrogen and oxygen atoms in total. The molecule has 0 aliphatic rings. The number of fused-ring (bicyclic) bond motifs is 2. The summed E-state index contributed by atoms with van der Waals surface area (Å²) < 4.78 is 14.0. The van der Waals surface area contributed by atoms with Crippen LogP contribution in [0.2, 0.25) is 0 Å². The summed E-state index contributed by atoms with van der Waals surface area (Å²) in [6, 6.07) is 13.7. The predicted molar refractivity (Wildman–Crippen MR) is 114 cm³/mol. The summed E-state index contributed by atoms with van der Waals surface area (Å²) in [5.41, 5.74) is 1.00. The van der Waals surface area contributed by atoms with Crippen LogP contribution in [0.1, 0.15) is 17.5 Å². The minimum Gasteiger partial charge on any atom is -0.494 e. The fraction of sp³-hybridized carbons (Fsp3) is 0.136. The molecule has 7 heteroatoms. The number of rotatable bonds is 5. The molecule has 0 bridgehead atoms. The van der Waals surface area contributed by atoms with Crippen LogP contribution >= 0.6 is 11.3 Å². The molecule has 0 atom stereocenters. The lowest BCUT2D eigenvalue weighted by atomic mass is 10.2. The molecule has 0 N–H and O–H groups in total. The molecule has 2 heterocycles. The molecular formula is C22H18N2O4S. The Kier molecular flexibility index (Phi) is 5.14. The summed E-state index contributed by atoms with van der Waals surface area (Å²) in [6.45, 7) is 6.77. The minimum atomic E-state index is -0.609. The number of hydrogen-bond acceptors (Lipinski definition) is 5. The van der Waals surface area contributed by atoms with Gasteiger partial charge in [0.25, 0.3) is 0 Å². The van der Waals surface area contributed by atoms with Crippen LogP contribution in [-0.2, 0) is 6.54 Å². The van der Waals surface area contributed by atoms with Gasteiger partial charge in [-0.15, -0.1) is 6.58 Å². The first kappa shape index (κ1) is 18.9. The number of allylic oxidation sites excluding steroid dienone is 1. The van der Waals surface area contributed by atoms with Crippen molar-refractivity contribution in [1.82, 2.24) is 4.57 Å². The average Bonchev–Trinajstić information content (AvgIpc) is 3.05. The molecule has 146 valence electrons. The fourth-order valence-electron chi connectivity index (χ4n) is 3.05. The van der Waals surface area contributed by atoms with Gasteiger partial charge in [0.15, 0.2) is 16.0 Å². The van der Waals surface area contributed by atoms with Crippen LogP contribution < -0.4 is 15.0 Å². The Morgan fingerprint density at radius 2 is 2.10 bits per heavy atom. The molecule has 4 aromatic rings. The van der Waals surface area contributed by atoms with E-state index in [1.165, 1.54) is 17.4 Å². The first-order valence-corrected chi connectivity index (χ1v) is 9.91.